The number of amides is 1. The Bertz CT molecular complexity index is 1430. The molecule has 43 heavy (non-hydrogen) atoms. The second-order valence-electron chi connectivity index (χ2n) is 12.1. The van der Waals surface area contributed by atoms with Crippen LogP contribution in [0.25, 0.3) is 0 Å². The lowest BCUT2D eigenvalue weighted by Gasteiger charge is -2.30. The fraction of sp³-hybridized carbons (Fsp3) is 0.441. The maximum atomic E-state index is 13.6. The van der Waals surface area contributed by atoms with E-state index in [0.717, 1.165) is 62.1 Å². The summed E-state index contributed by atoms with van der Waals surface area (Å²) in [5, 5.41) is 15.8. The van der Waals surface area contributed by atoms with E-state index in [9.17, 15) is 14.3 Å². The van der Waals surface area contributed by atoms with Crippen molar-refractivity contribution in [2.75, 3.05) is 37.6 Å². The van der Waals surface area contributed by atoms with Crippen molar-refractivity contribution in [3.63, 3.8) is 0 Å². The van der Waals surface area contributed by atoms with Crippen molar-refractivity contribution in [3.05, 3.63) is 93.2 Å². The van der Waals surface area contributed by atoms with Crippen LogP contribution in [0.4, 0.5) is 10.1 Å². The van der Waals surface area contributed by atoms with E-state index in [1.165, 1.54) is 12.1 Å². The Morgan fingerprint density at radius 1 is 0.977 bits per heavy atom. The van der Waals surface area contributed by atoms with E-state index in [0.29, 0.717) is 47.3 Å². The summed E-state index contributed by atoms with van der Waals surface area (Å²) in [4.78, 5) is 18.1. The van der Waals surface area contributed by atoms with Crippen LogP contribution in [0.15, 0.2) is 60.7 Å². The van der Waals surface area contributed by atoms with Crippen LogP contribution in [0, 0.1) is 11.7 Å². The van der Waals surface area contributed by atoms with Crippen LogP contribution in [-0.2, 0) is 11.2 Å². The molecule has 6 nitrogen and oxygen atoms in total. The molecule has 1 amide bonds. The molecule has 1 saturated carbocycles. The third-order valence-corrected chi connectivity index (χ3v) is 9.40. The lowest BCUT2D eigenvalue weighted by Crippen LogP contribution is -2.48. The Balaban J connectivity index is 1.12. The molecule has 3 aromatic rings. The zero-order chi connectivity index (χ0) is 29.9. The van der Waals surface area contributed by atoms with Gasteiger partial charge in [0.25, 0.3) is 0 Å². The number of ether oxygens (including phenoxy) is 1. The second kappa shape index (κ2) is 13.4. The van der Waals surface area contributed by atoms with Crippen molar-refractivity contribution >= 4 is 34.8 Å². The van der Waals surface area contributed by atoms with E-state index in [4.69, 9.17) is 27.9 Å². The molecule has 2 heterocycles. The SMILES string of the molecule is O=C(N[C@H](CN1CCCC1)[C@H](O)c1ccc(OC2CC2)c(Cl)c1)[C@@H]1CCN(c2ccc(Cl)c(Cc3ccc(F)cc3)c2)C1. The molecule has 0 bridgehead atoms. The molecule has 228 valence electrons. The summed E-state index contributed by atoms with van der Waals surface area (Å²) < 4.78 is 19.2. The summed E-state index contributed by atoms with van der Waals surface area (Å²) in [6, 6.07) is 17.3. The Kier molecular flexibility index (Phi) is 9.43. The van der Waals surface area contributed by atoms with E-state index in [1.807, 2.05) is 24.3 Å². The van der Waals surface area contributed by atoms with Gasteiger partial charge in [0.15, 0.2) is 0 Å². The molecule has 0 unspecified atom stereocenters. The Hall–Kier alpha value is -2.84. The number of nitrogens with one attached hydrogen (secondary N) is 1. The summed E-state index contributed by atoms with van der Waals surface area (Å²) in [5.41, 5.74) is 3.61. The molecule has 3 fully saturated rings. The first kappa shape index (κ1) is 30.2. The number of rotatable bonds is 11. The summed E-state index contributed by atoms with van der Waals surface area (Å²) in [6.07, 6.45) is 4.97. The molecule has 3 aliphatic rings. The van der Waals surface area contributed by atoms with Crippen LogP contribution >= 0.6 is 23.2 Å². The van der Waals surface area contributed by atoms with E-state index >= 15 is 0 Å². The van der Waals surface area contributed by atoms with Gasteiger partial charge in [-0.25, -0.2) is 4.39 Å². The van der Waals surface area contributed by atoms with Crippen molar-refractivity contribution < 1.29 is 19.0 Å². The minimum Gasteiger partial charge on any atom is -0.489 e. The first-order valence-corrected chi connectivity index (χ1v) is 16.0. The highest BCUT2D eigenvalue weighted by Crippen LogP contribution is 2.35. The van der Waals surface area contributed by atoms with Crippen LogP contribution in [0.2, 0.25) is 10.0 Å². The number of aliphatic hydroxyl groups is 1. The lowest BCUT2D eigenvalue weighted by atomic mass is 10.00. The summed E-state index contributed by atoms with van der Waals surface area (Å²) in [6.45, 7) is 3.82. The molecule has 0 radical (unpaired) electrons. The zero-order valence-electron chi connectivity index (χ0n) is 24.2. The van der Waals surface area contributed by atoms with Gasteiger partial charge >= 0.3 is 0 Å². The minimum atomic E-state index is -0.903. The maximum Gasteiger partial charge on any atom is 0.225 e. The van der Waals surface area contributed by atoms with Gasteiger partial charge in [-0.15, -0.1) is 0 Å². The first-order valence-electron chi connectivity index (χ1n) is 15.3. The van der Waals surface area contributed by atoms with Crippen LogP contribution in [0.5, 0.6) is 5.75 Å². The van der Waals surface area contributed by atoms with Crippen molar-refractivity contribution in [3.8, 4) is 5.75 Å². The van der Waals surface area contributed by atoms with Gasteiger partial charge in [0, 0.05) is 30.3 Å². The molecular formula is C34H38Cl2FN3O3. The second-order valence-corrected chi connectivity index (χ2v) is 12.9. The smallest absolute Gasteiger partial charge is 0.225 e. The molecule has 9 heteroatoms. The Labute approximate surface area is 262 Å². The van der Waals surface area contributed by atoms with Gasteiger partial charge < -0.3 is 25.0 Å². The van der Waals surface area contributed by atoms with Gasteiger partial charge in [-0.05, 0) is 111 Å². The predicted octanol–water partition coefficient (Wildman–Crippen LogP) is 6.41. The van der Waals surface area contributed by atoms with Crippen molar-refractivity contribution in [2.45, 2.75) is 56.8 Å². The van der Waals surface area contributed by atoms with Crippen molar-refractivity contribution in [2.24, 2.45) is 5.92 Å². The average Bonchev–Trinajstić information content (AvgIpc) is 3.43. The quantitative estimate of drug-likeness (QED) is 0.258. The van der Waals surface area contributed by atoms with Gasteiger partial charge in [-0.1, -0.05) is 41.4 Å². The standard InChI is InChI=1S/C34H38Cl2FN3O3/c35-29-11-8-27(18-25(29)17-22-3-6-26(37)7-4-22)40-16-13-24(20-40)34(42)38-31(21-39-14-1-2-15-39)33(41)23-5-12-32(30(36)19-23)43-28-9-10-28/h3-8,11-12,18-19,24,28,31,33,41H,1-2,9-10,13-17,20-21H2,(H,38,42)/t24-,31-,33-/m1/s1. The fourth-order valence-electron chi connectivity index (χ4n) is 6.09. The zero-order valence-corrected chi connectivity index (χ0v) is 25.7. The van der Waals surface area contributed by atoms with Gasteiger partial charge in [0.05, 0.1) is 23.1 Å². The number of carbonyl (C=O) groups is 1. The Morgan fingerprint density at radius 3 is 2.47 bits per heavy atom. The maximum absolute atomic E-state index is 13.6. The van der Waals surface area contributed by atoms with E-state index in [2.05, 4.69) is 21.2 Å². The van der Waals surface area contributed by atoms with E-state index in [-0.39, 0.29) is 23.7 Å². The van der Waals surface area contributed by atoms with Crippen LogP contribution in [0.3, 0.4) is 0 Å². The van der Waals surface area contributed by atoms with Crippen LogP contribution in [0.1, 0.15) is 54.9 Å². The summed E-state index contributed by atoms with van der Waals surface area (Å²) >= 11 is 13.0. The van der Waals surface area contributed by atoms with Gasteiger partial charge in [0.2, 0.25) is 5.91 Å². The Morgan fingerprint density at radius 2 is 1.74 bits per heavy atom. The average molecular weight is 627 g/mol. The van der Waals surface area contributed by atoms with Crippen molar-refractivity contribution in [1.82, 2.24) is 10.2 Å². The highest BCUT2D eigenvalue weighted by atomic mass is 35.5. The highest BCUT2D eigenvalue weighted by Gasteiger charge is 2.33. The molecule has 6 rings (SSSR count). The number of carbonyl (C=O) groups excluding carboxylic acids is 1. The van der Waals surface area contributed by atoms with Gasteiger partial charge in [0.1, 0.15) is 17.7 Å². The molecule has 1 aliphatic carbocycles. The number of benzene rings is 3. The van der Waals surface area contributed by atoms with Crippen molar-refractivity contribution in [1.29, 1.82) is 0 Å². The third kappa shape index (κ3) is 7.63. The third-order valence-electron chi connectivity index (χ3n) is 8.74. The topological polar surface area (TPSA) is 65.0 Å². The molecular weight excluding hydrogens is 588 g/mol. The molecule has 3 atom stereocenters. The van der Waals surface area contributed by atoms with E-state index < -0.39 is 12.1 Å². The van der Waals surface area contributed by atoms with Crippen LogP contribution < -0.4 is 15.0 Å². The van der Waals surface area contributed by atoms with Gasteiger partial charge in [-0.3, -0.25) is 4.79 Å². The number of hydrogen-bond acceptors (Lipinski definition) is 5. The molecule has 2 saturated heterocycles. The molecule has 2 N–H and O–H groups in total. The lowest BCUT2D eigenvalue weighted by molar-refractivity contribution is -0.126. The summed E-state index contributed by atoms with van der Waals surface area (Å²) in [5.74, 6) is 0.114. The number of anilines is 1. The summed E-state index contributed by atoms with van der Waals surface area (Å²) in [7, 11) is 0. The molecule has 0 aromatic heterocycles. The van der Waals surface area contributed by atoms with Crippen LogP contribution in [-0.4, -0.2) is 60.8 Å². The number of aliphatic hydroxyl groups excluding tert-OH is 1. The number of halogens is 3. The van der Waals surface area contributed by atoms with Gasteiger partial charge in [-0.2, -0.15) is 0 Å². The number of hydrogen-bond donors (Lipinski definition) is 2. The molecule has 0 spiro atoms. The number of nitrogens with zero attached hydrogens (tertiary/aromatic N) is 2. The first-order chi connectivity index (χ1) is 20.8. The fourth-order valence-corrected chi connectivity index (χ4v) is 6.50. The molecule has 3 aromatic carbocycles. The molecule has 2 aliphatic heterocycles. The highest BCUT2D eigenvalue weighted by molar-refractivity contribution is 6.32. The predicted molar refractivity (Wildman–Crippen MR) is 169 cm³/mol. The largest absolute Gasteiger partial charge is 0.489 e. The minimum absolute atomic E-state index is 0.0500. The monoisotopic (exact) mass is 625 g/mol. The number of likely N-dealkylation sites (tertiary alicyclic amines) is 1. The normalized spacial score (nSPS) is 20.3. The van der Waals surface area contributed by atoms with E-state index in [1.54, 1.807) is 18.2 Å².